The number of halogens is 2. The average molecular weight is 615 g/mol. The third kappa shape index (κ3) is 6.88. The number of carbonyl (C=O) groups is 1. The summed E-state index contributed by atoms with van der Waals surface area (Å²) < 4.78 is 42.0. The normalized spacial score (nSPS) is 13.8. The van der Waals surface area contributed by atoms with Crippen LogP contribution in [0.3, 0.4) is 0 Å². The van der Waals surface area contributed by atoms with Gasteiger partial charge < -0.3 is 29.4 Å². The van der Waals surface area contributed by atoms with Gasteiger partial charge in [-0.15, -0.1) is 0 Å². The Labute approximate surface area is 258 Å². The summed E-state index contributed by atoms with van der Waals surface area (Å²) in [4.78, 5) is 12.5. The quantitative estimate of drug-likeness (QED) is 0.151. The van der Waals surface area contributed by atoms with Gasteiger partial charge in [-0.3, -0.25) is 0 Å². The third-order valence-electron chi connectivity index (χ3n) is 6.81. The summed E-state index contributed by atoms with van der Waals surface area (Å²) in [5.74, 6) is 0.429. The van der Waals surface area contributed by atoms with Crippen molar-refractivity contribution in [3.8, 4) is 34.8 Å². The smallest absolute Gasteiger partial charge is 0.349 e. The maximum Gasteiger partial charge on any atom is 0.349 e. The standard InChI is InChI=1S/C34H28ClFN2O6/c1-3-40-31-15-22(6-12-29(31)41-18-21-4-8-24(36)9-5-21)33-26-11-10-25(16-30(26)44-34(38)27(33)17-37)43-32(39)19-42-28-13-7-23(35)14-20(28)2/h4-16,33H,3,18-19,38H2,1-2H3. The van der Waals surface area contributed by atoms with E-state index >= 15 is 0 Å². The van der Waals surface area contributed by atoms with Crippen LogP contribution in [0.2, 0.25) is 5.02 Å². The lowest BCUT2D eigenvalue weighted by Gasteiger charge is -2.27. The molecule has 2 N–H and O–H groups in total. The van der Waals surface area contributed by atoms with Crippen LogP contribution >= 0.6 is 11.6 Å². The highest BCUT2D eigenvalue weighted by atomic mass is 35.5. The topological polar surface area (TPSA) is 113 Å². The zero-order chi connectivity index (χ0) is 31.2. The first-order chi connectivity index (χ1) is 21.2. The number of nitrogens with zero attached hydrogens (tertiary/aromatic N) is 1. The maximum absolute atomic E-state index is 13.3. The van der Waals surface area contributed by atoms with Crippen LogP contribution in [0.4, 0.5) is 4.39 Å². The SMILES string of the molecule is CCOc1cc(C2C(C#N)=C(N)Oc3cc(OC(=O)COc4ccc(Cl)cc4C)ccc32)ccc1OCc1ccc(F)cc1. The lowest BCUT2D eigenvalue weighted by Crippen LogP contribution is -2.22. The van der Waals surface area contributed by atoms with Crippen molar-refractivity contribution in [2.75, 3.05) is 13.2 Å². The minimum Gasteiger partial charge on any atom is -0.490 e. The summed E-state index contributed by atoms with van der Waals surface area (Å²) in [5.41, 5.74) is 9.34. The van der Waals surface area contributed by atoms with Gasteiger partial charge in [-0.1, -0.05) is 35.9 Å². The Kier molecular flexibility index (Phi) is 9.22. The van der Waals surface area contributed by atoms with Crippen molar-refractivity contribution < 1.29 is 32.9 Å². The third-order valence-corrected chi connectivity index (χ3v) is 7.05. The van der Waals surface area contributed by atoms with Gasteiger partial charge in [0.05, 0.1) is 12.5 Å². The van der Waals surface area contributed by atoms with Crippen molar-refractivity contribution in [2.24, 2.45) is 5.73 Å². The summed E-state index contributed by atoms with van der Waals surface area (Å²) in [6.45, 7) is 3.94. The number of rotatable bonds is 10. The molecular formula is C34H28ClFN2O6. The predicted molar refractivity (Wildman–Crippen MR) is 161 cm³/mol. The number of allylic oxidation sites excluding steroid dienone is 1. The van der Waals surface area contributed by atoms with E-state index in [1.807, 2.05) is 19.9 Å². The fourth-order valence-corrected chi connectivity index (χ4v) is 4.97. The van der Waals surface area contributed by atoms with Gasteiger partial charge in [-0.05, 0) is 79.1 Å². The van der Waals surface area contributed by atoms with Crippen LogP contribution in [-0.2, 0) is 11.4 Å². The summed E-state index contributed by atoms with van der Waals surface area (Å²) >= 11 is 5.98. The molecule has 0 aliphatic carbocycles. The minimum atomic E-state index is -0.620. The molecule has 10 heteroatoms. The van der Waals surface area contributed by atoms with Crippen LogP contribution in [0.5, 0.6) is 28.7 Å². The average Bonchev–Trinajstić information content (AvgIpc) is 3.00. The van der Waals surface area contributed by atoms with E-state index < -0.39 is 11.9 Å². The van der Waals surface area contributed by atoms with Gasteiger partial charge in [-0.2, -0.15) is 5.26 Å². The lowest BCUT2D eigenvalue weighted by molar-refractivity contribution is -0.136. The van der Waals surface area contributed by atoms with Gasteiger partial charge >= 0.3 is 5.97 Å². The van der Waals surface area contributed by atoms with Gasteiger partial charge in [-0.25, -0.2) is 9.18 Å². The Balaban J connectivity index is 1.36. The molecule has 0 saturated heterocycles. The van der Waals surface area contributed by atoms with Gasteiger partial charge in [0.25, 0.3) is 0 Å². The van der Waals surface area contributed by atoms with Crippen LogP contribution in [0.1, 0.15) is 35.1 Å². The summed E-state index contributed by atoms with van der Waals surface area (Å²) in [6.07, 6.45) is 0. The Morgan fingerprint density at radius 1 is 0.977 bits per heavy atom. The van der Waals surface area contributed by atoms with Crippen LogP contribution < -0.4 is 29.4 Å². The molecule has 0 aromatic heterocycles. The molecule has 0 fully saturated rings. The van der Waals surface area contributed by atoms with Crippen LogP contribution in [0, 0.1) is 24.1 Å². The Bertz CT molecular complexity index is 1770. The van der Waals surface area contributed by atoms with Crippen molar-refractivity contribution in [3.63, 3.8) is 0 Å². The highest BCUT2D eigenvalue weighted by molar-refractivity contribution is 6.30. The monoisotopic (exact) mass is 614 g/mol. The number of fused-ring (bicyclic) bond motifs is 1. The highest BCUT2D eigenvalue weighted by Crippen LogP contribution is 2.45. The van der Waals surface area contributed by atoms with Crippen molar-refractivity contribution in [1.82, 2.24) is 0 Å². The van der Waals surface area contributed by atoms with E-state index in [-0.39, 0.29) is 36.2 Å². The first kappa shape index (κ1) is 30.3. The number of nitriles is 1. The molecule has 8 nitrogen and oxygen atoms in total. The highest BCUT2D eigenvalue weighted by Gasteiger charge is 2.32. The Morgan fingerprint density at radius 3 is 2.48 bits per heavy atom. The maximum atomic E-state index is 13.3. The number of ether oxygens (including phenoxy) is 5. The van der Waals surface area contributed by atoms with E-state index in [4.69, 9.17) is 41.0 Å². The molecule has 44 heavy (non-hydrogen) atoms. The van der Waals surface area contributed by atoms with E-state index in [1.165, 1.54) is 12.1 Å². The number of benzene rings is 4. The van der Waals surface area contributed by atoms with Crippen LogP contribution in [0.15, 0.2) is 90.3 Å². The summed E-state index contributed by atoms with van der Waals surface area (Å²) in [5, 5.41) is 10.6. The largest absolute Gasteiger partial charge is 0.490 e. The molecule has 4 aromatic rings. The lowest BCUT2D eigenvalue weighted by atomic mass is 9.83. The molecule has 1 heterocycles. The van der Waals surface area contributed by atoms with Crippen LogP contribution in [-0.4, -0.2) is 19.2 Å². The molecular weight excluding hydrogens is 587 g/mol. The van der Waals surface area contributed by atoms with E-state index in [1.54, 1.807) is 60.7 Å². The summed E-state index contributed by atoms with van der Waals surface area (Å²) in [7, 11) is 0. The number of hydrogen-bond donors (Lipinski definition) is 1. The molecule has 224 valence electrons. The Morgan fingerprint density at radius 2 is 1.75 bits per heavy atom. The van der Waals surface area contributed by atoms with Crippen LogP contribution in [0.25, 0.3) is 0 Å². The van der Waals surface area contributed by atoms with E-state index in [2.05, 4.69) is 6.07 Å². The molecule has 1 atom stereocenters. The number of esters is 1. The van der Waals surface area contributed by atoms with Crippen molar-refractivity contribution in [3.05, 3.63) is 123 Å². The first-order valence-corrected chi connectivity index (χ1v) is 14.1. The molecule has 0 amide bonds. The fraction of sp³-hybridized carbons (Fsp3) is 0.176. The number of carbonyl (C=O) groups excluding carboxylic acids is 1. The van der Waals surface area contributed by atoms with Gasteiger partial charge in [0.2, 0.25) is 5.88 Å². The molecule has 4 aromatic carbocycles. The molecule has 0 bridgehead atoms. The van der Waals surface area contributed by atoms with E-state index in [0.29, 0.717) is 45.8 Å². The van der Waals surface area contributed by atoms with Crippen molar-refractivity contribution >= 4 is 17.6 Å². The molecule has 1 aliphatic heterocycles. The number of aryl methyl sites for hydroxylation is 1. The second kappa shape index (κ2) is 13.4. The van der Waals surface area contributed by atoms with Gasteiger partial charge in [0.15, 0.2) is 18.1 Å². The molecule has 0 saturated carbocycles. The molecule has 1 unspecified atom stereocenters. The molecule has 5 rings (SSSR count). The molecule has 0 radical (unpaired) electrons. The molecule has 0 spiro atoms. The second-order valence-electron chi connectivity index (χ2n) is 9.85. The minimum absolute atomic E-state index is 0.0652. The summed E-state index contributed by atoms with van der Waals surface area (Å²) in [6, 6.07) is 23.5. The zero-order valence-electron chi connectivity index (χ0n) is 23.9. The van der Waals surface area contributed by atoms with Crippen molar-refractivity contribution in [1.29, 1.82) is 5.26 Å². The predicted octanol–water partition coefficient (Wildman–Crippen LogP) is 6.97. The van der Waals surface area contributed by atoms with Gasteiger partial charge in [0.1, 0.15) is 41.3 Å². The Hall–Kier alpha value is -5.20. The molecule has 1 aliphatic rings. The van der Waals surface area contributed by atoms with Gasteiger partial charge in [0, 0.05) is 16.7 Å². The van der Waals surface area contributed by atoms with Crippen molar-refractivity contribution in [2.45, 2.75) is 26.4 Å². The van der Waals surface area contributed by atoms with E-state index in [9.17, 15) is 14.4 Å². The second-order valence-corrected chi connectivity index (χ2v) is 10.3. The zero-order valence-corrected chi connectivity index (χ0v) is 24.7. The first-order valence-electron chi connectivity index (χ1n) is 13.7. The number of nitrogens with two attached hydrogens (primary N) is 1. The fourth-order valence-electron chi connectivity index (χ4n) is 4.75. The van der Waals surface area contributed by atoms with E-state index in [0.717, 1.165) is 11.1 Å². The number of hydrogen-bond acceptors (Lipinski definition) is 8.